The van der Waals surface area contributed by atoms with Gasteiger partial charge in [-0.1, -0.05) is 18.2 Å². The predicted molar refractivity (Wildman–Crippen MR) is 70.4 cm³/mol. The third kappa shape index (κ3) is 2.83. The molecule has 0 bridgehead atoms. The standard InChI is InChI=1S/C13H10BrN3/c14-11-5-1-2-6-12(11)17-13(8-15)10-4-3-7-16-9-10/h1-7,9,13,17H. The average Bonchev–Trinajstić information content (AvgIpc) is 2.39. The predicted octanol–water partition coefficient (Wildman–Crippen LogP) is 3.52. The van der Waals surface area contributed by atoms with Crippen molar-refractivity contribution in [2.75, 3.05) is 5.32 Å². The molecule has 2 rings (SSSR count). The van der Waals surface area contributed by atoms with Gasteiger partial charge in [0.15, 0.2) is 0 Å². The number of nitrogens with zero attached hydrogens (tertiary/aromatic N) is 2. The van der Waals surface area contributed by atoms with E-state index in [0.717, 1.165) is 15.7 Å². The van der Waals surface area contributed by atoms with Crippen LogP contribution in [0.15, 0.2) is 53.3 Å². The highest BCUT2D eigenvalue weighted by atomic mass is 79.9. The van der Waals surface area contributed by atoms with Crippen molar-refractivity contribution in [1.29, 1.82) is 5.26 Å². The van der Waals surface area contributed by atoms with E-state index in [1.807, 2.05) is 36.4 Å². The Labute approximate surface area is 108 Å². The molecule has 1 heterocycles. The van der Waals surface area contributed by atoms with E-state index < -0.39 is 6.04 Å². The van der Waals surface area contributed by atoms with E-state index in [0.29, 0.717) is 0 Å². The summed E-state index contributed by atoms with van der Waals surface area (Å²) in [5, 5.41) is 12.3. The third-order valence-corrected chi connectivity index (χ3v) is 3.01. The number of aromatic nitrogens is 1. The first-order chi connectivity index (χ1) is 8.31. The van der Waals surface area contributed by atoms with Gasteiger partial charge in [0.05, 0.1) is 6.07 Å². The molecule has 0 amide bonds. The number of hydrogen-bond donors (Lipinski definition) is 1. The molecule has 17 heavy (non-hydrogen) atoms. The Kier molecular flexibility index (Phi) is 3.73. The molecule has 0 radical (unpaired) electrons. The topological polar surface area (TPSA) is 48.7 Å². The molecular weight excluding hydrogens is 278 g/mol. The maximum atomic E-state index is 9.18. The molecule has 1 aromatic carbocycles. The quantitative estimate of drug-likeness (QED) is 0.940. The lowest BCUT2D eigenvalue weighted by Crippen LogP contribution is -2.08. The van der Waals surface area contributed by atoms with Crippen LogP contribution in [-0.2, 0) is 0 Å². The molecule has 4 heteroatoms. The Morgan fingerprint density at radius 3 is 2.71 bits per heavy atom. The highest BCUT2D eigenvalue weighted by molar-refractivity contribution is 9.10. The number of benzene rings is 1. The molecule has 2 aromatic rings. The number of para-hydroxylation sites is 1. The van der Waals surface area contributed by atoms with E-state index in [-0.39, 0.29) is 0 Å². The van der Waals surface area contributed by atoms with Gasteiger partial charge in [-0.05, 0) is 34.1 Å². The molecule has 1 N–H and O–H groups in total. The van der Waals surface area contributed by atoms with Crippen molar-refractivity contribution in [3.8, 4) is 6.07 Å². The summed E-state index contributed by atoms with van der Waals surface area (Å²) in [6, 6.07) is 13.2. The highest BCUT2D eigenvalue weighted by Crippen LogP contribution is 2.25. The van der Waals surface area contributed by atoms with Gasteiger partial charge in [0.1, 0.15) is 6.04 Å². The van der Waals surface area contributed by atoms with Crippen LogP contribution in [0.4, 0.5) is 5.69 Å². The number of anilines is 1. The van der Waals surface area contributed by atoms with Crippen LogP contribution < -0.4 is 5.32 Å². The van der Waals surface area contributed by atoms with Crippen molar-refractivity contribution >= 4 is 21.6 Å². The summed E-state index contributed by atoms with van der Waals surface area (Å²) in [7, 11) is 0. The van der Waals surface area contributed by atoms with E-state index in [1.165, 1.54) is 0 Å². The van der Waals surface area contributed by atoms with Crippen molar-refractivity contribution in [1.82, 2.24) is 4.98 Å². The van der Waals surface area contributed by atoms with Crippen LogP contribution in [0.2, 0.25) is 0 Å². The minimum Gasteiger partial charge on any atom is -0.365 e. The van der Waals surface area contributed by atoms with Crippen molar-refractivity contribution in [2.24, 2.45) is 0 Å². The summed E-state index contributed by atoms with van der Waals surface area (Å²) in [6.07, 6.45) is 3.38. The number of hydrogen-bond acceptors (Lipinski definition) is 3. The number of pyridine rings is 1. The minimum atomic E-state index is -0.401. The molecule has 3 nitrogen and oxygen atoms in total. The fourth-order valence-corrected chi connectivity index (χ4v) is 1.87. The molecule has 0 aliphatic heterocycles. The summed E-state index contributed by atoms with van der Waals surface area (Å²) in [5.74, 6) is 0. The molecule has 0 fully saturated rings. The maximum Gasteiger partial charge on any atom is 0.141 e. The smallest absolute Gasteiger partial charge is 0.141 e. The van der Waals surface area contributed by atoms with Crippen LogP contribution in [0.3, 0.4) is 0 Å². The van der Waals surface area contributed by atoms with Crippen molar-refractivity contribution in [3.05, 3.63) is 58.8 Å². The first-order valence-electron chi connectivity index (χ1n) is 5.12. The van der Waals surface area contributed by atoms with Gasteiger partial charge in [0.25, 0.3) is 0 Å². The maximum absolute atomic E-state index is 9.18. The van der Waals surface area contributed by atoms with Crippen LogP contribution in [0.5, 0.6) is 0 Å². The van der Waals surface area contributed by atoms with Gasteiger partial charge >= 0.3 is 0 Å². The molecule has 0 saturated heterocycles. The second-order valence-corrected chi connectivity index (χ2v) is 4.33. The van der Waals surface area contributed by atoms with Crippen molar-refractivity contribution in [2.45, 2.75) is 6.04 Å². The zero-order valence-corrected chi connectivity index (χ0v) is 10.6. The lowest BCUT2D eigenvalue weighted by molar-refractivity contribution is 0.980. The second-order valence-electron chi connectivity index (χ2n) is 3.47. The fraction of sp³-hybridized carbons (Fsp3) is 0.0769. The van der Waals surface area contributed by atoms with Crippen molar-refractivity contribution in [3.63, 3.8) is 0 Å². The van der Waals surface area contributed by atoms with Gasteiger partial charge in [0, 0.05) is 28.1 Å². The lowest BCUT2D eigenvalue weighted by Gasteiger charge is -2.13. The van der Waals surface area contributed by atoms with E-state index in [4.69, 9.17) is 0 Å². The van der Waals surface area contributed by atoms with Crippen molar-refractivity contribution < 1.29 is 0 Å². The molecule has 1 aromatic heterocycles. The van der Waals surface area contributed by atoms with Gasteiger partial charge < -0.3 is 5.32 Å². The Morgan fingerprint density at radius 1 is 1.24 bits per heavy atom. The fourth-order valence-electron chi connectivity index (χ4n) is 1.47. The van der Waals surface area contributed by atoms with Crippen LogP contribution in [-0.4, -0.2) is 4.98 Å². The molecule has 0 spiro atoms. The Bertz CT molecular complexity index is 534. The number of nitrogens with one attached hydrogen (secondary N) is 1. The second kappa shape index (κ2) is 5.46. The molecular formula is C13H10BrN3. The third-order valence-electron chi connectivity index (χ3n) is 2.32. The van der Waals surface area contributed by atoms with Crippen LogP contribution in [0.25, 0.3) is 0 Å². The molecule has 84 valence electrons. The summed E-state index contributed by atoms with van der Waals surface area (Å²) < 4.78 is 0.934. The zero-order valence-electron chi connectivity index (χ0n) is 8.97. The largest absolute Gasteiger partial charge is 0.365 e. The summed E-state index contributed by atoms with van der Waals surface area (Å²) in [4.78, 5) is 4.01. The van der Waals surface area contributed by atoms with Gasteiger partial charge in [0.2, 0.25) is 0 Å². The first-order valence-corrected chi connectivity index (χ1v) is 5.91. The number of halogens is 1. The molecule has 1 unspecified atom stereocenters. The van der Waals surface area contributed by atoms with E-state index in [2.05, 4.69) is 32.3 Å². The Hall–Kier alpha value is -1.86. The summed E-state index contributed by atoms with van der Waals surface area (Å²) in [6.45, 7) is 0. The number of nitriles is 1. The van der Waals surface area contributed by atoms with Gasteiger partial charge in [-0.25, -0.2) is 0 Å². The summed E-state index contributed by atoms with van der Waals surface area (Å²) >= 11 is 3.44. The number of rotatable bonds is 3. The monoisotopic (exact) mass is 287 g/mol. The SMILES string of the molecule is N#CC(Nc1ccccc1Br)c1cccnc1. The van der Waals surface area contributed by atoms with Crippen LogP contribution in [0.1, 0.15) is 11.6 Å². The highest BCUT2D eigenvalue weighted by Gasteiger charge is 2.11. The molecule has 0 aliphatic rings. The van der Waals surface area contributed by atoms with Crippen LogP contribution >= 0.6 is 15.9 Å². The van der Waals surface area contributed by atoms with Gasteiger partial charge in [-0.15, -0.1) is 0 Å². The van der Waals surface area contributed by atoms with E-state index in [1.54, 1.807) is 12.4 Å². The first kappa shape index (κ1) is 11.6. The summed E-state index contributed by atoms with van der Waals surface area (Å²) in [5.41, 5.74) is 1.74. The molecule has 0 saturated carbocycles. The zero-order chi connectivity index (χ0) is 12.1. The molecule has 0 aliphatic carbocycles. The molecule has 1 atom stereocenters. The van der Waals surface area contributed by atoms with Crippen LogP contribution in [0, 0.1) is 11.3 Å². The Morgan fingerprint density at radius 2 is 2.06 bits per heavy atom. The minimum absolute atomic E-state index is 0.401. The average molecular weight is 288 g/mol. The Balaban J connectivity index is 2.23. The van der Waals surface area contributed by atoms with E-state index in [9.17, 15) is 5.26 Å². The van der Waals surface area contributed by atoms with E-state index >= 15 is 0 Å². The lowest BCUT2D eigenvalue weighted by atomic mass is 10.1. The van der Waals surface area contributed by atoms with Gasteiger partial charge in [-0.3, -0.25) is 4.98 Å². The normalized spacial score (nSPS) is 11.5. The van der Waals surface area contributed by atoms with Gasteiger partial charge in [-0.2, -0.15) is 5.26 Å².